The number of thiophene rings is 1. The van der Waals surface area contributed by atoms with Crippen LogP contribution in [0.5, 0.6) is 0 Å². The van der Waals surface area contributed by atoms with Crippen molar-refractivity contribution in [3.8, 4) is 0 Å². The average molecular weight is 250 g/mol. The van der Waals surface area contributed by atoms with E-state index in [1.54, 1.807) is 13.1 Å². The van der Waals surface area contributed by atoms with Crippen molar-refractivity contribution in [2.45, 2.75) is 6.04 Å². The lowest BCUT2D eigenvalue weighted by Gasteiger charge is -2.07. The molecule has 5 heteroatoms. The maximum atomic E-state index is 10.7. The Balaban J connectivity index is 2.87. The van der Waals surface area contributed by atoms with Crippen LogP contribution in [0.2, 0.25) is 0 Å². The molecule has 1 heterocycles. The molecule has 12 heavy (non-hydrogen) atoms. The third-order valence-corrected chi connectivity index (χ3v) is 3.17. The topological polar surface area (TPSA) is 49.3 Å². The largest absolute Gasteiger partial charge is 0.480 e. The van der Waals surface area contributed by atoms with Gasteiger partial charge in [-0.25, -0.2) is 0 Å². The van der Waals surface area contributed by atoms with Gasteiger partial charge in [0.2, 0.25) is 0 Å². The van der Waals surface area contributed by atoms with Gasteiger partial charge >= 0.3 is 5.97 Å². The molecule has 0 aliphatic heterocycles. The van der Waals surface area contributed by atoms with Gasteiger partial charge in [0.25, 0.3) is 0 Å². The fourth-order valence-corrected chi connectivity index (χ4v) is 2.41. The number of carboxylic acids is 1. The number of rotatable bonds is 3. The molecule has 0 spiro atoms. The molecule has 0 bridgehead atoms. The molecule has 0 fully saturated rings. The minimum atomic E-state index is -0.855. The second kappa shape index (κ2) is 4.02. The molecule has 1 rings (SSSR count). The van der Waals surface area contributed by atoms with E-state index in [-0.39, 0.29) is 0 Å². The molecule has 0 radical (unpaired) electrons. The second-order valence-corrected chi connectivity index (χ2v) is 4.09. The van der Waals surface area contributed by atoms with Crippen LogP contribution in [0, 0.1) is 0 Å². The molecule has 1 unspecified atom stereocenters. The summed E-state index contributed by atoms with van der Waals surface area (Å²) < 4.78 is 0.920. The summed E-state index contributed by atoms with van der Waals surface area (Å²) in [7, 11) is 1.63. The molecule has 2 N–H and O–H groups in total. The first kappa shape index (κ1) is 9.70. The Morgan fingerprint density at radius 1 is 1.83 bits per heavy atom. The Bertz CT molecular complexity index is 287. The van der Waals surface area contributed by atoms with Crippen molar-refractivity contribution in [2.24, 2.45) is 0 Å². The maximum Gasteiger partial charge on any atom is 0.326 e. The number of hydrogen-bond donors (Lipinski definition) is 2. The molecule has 0 amide bonds. The zero-order valence-corrected chi connectivity index (χ0v) is 8.78. The van der Waals surface area contributed by atoms with Gasteiger partial charge in [-0.15, -0.1) is 11.3 Å². The standard InChI is InChI=1S/C7H8BrNO2S/c1-9-6(7(10)11)5-2-4(8)3-12-5/h2-3,6,9H,1H3,(H,10,11). The van der Waals surface area contributed by atoms with Gasteiger partial charge in [0, 0.05) is 14.7 Å². The van der Waals surface area contributed by atoms with Gasteiger partial charge in [-0.1, -0.05) is 0 Å². The highest BCUT2D eigenvalue weighted by Crippen LogP contribution is 2.25. The average Bonchev–Trinajstić information content (AvgIpc) is 2.37. The summed E-state index contributed by atoms with van der Waals surface area (Å²) in [6.07, 6.45) is 0. The van der Waals surface area contributed by atoms with Gasteiger partial charge in [0.15, 0.2) is 0 Å². The van der Waals surface area contributed by atoms with E-state index in [0.29, 0.717) is 0 Å². The molecular formula is C7H8BrNO2S. The van der Waals surface area contributed by atoms with Crippen LogP contribution in [0.1, 0.15) is 10.9 Å². The fourth-order valence-electron chi connectivity index (χ4n) is 0.867. The Labute approximate surface area is 82.5 Å². The van der Waals surface area contributed by atoms with Gasteiger partial charge in [-0.2, -0.15) is 0 Å². The molecule has 0 saturated carbocycles. The lowest BCUT2D eigenvalue weighted by molar-refractivity contribution is -0.139. The van der Waals surface area contributed by atoms with E-state index in [9.17, 15) is 4.79 Å². The van der Waals surface area contributed by atoms with E-state index < -0.39 is 12.0 Å². The highest BCUT2D eigenvalue weighted by atomic mass is 79.9. The summed E-state index contributed by atoms with van der Waals surface area (Å²) in [6, 6.07) is 1.21. The van der Waals surface area contributed by atoms with E-state index in [1.807, 2.05) is 5.38 Å². The van der Waals surface area contributed by atoms with Crippen LogP contribution >= 0.6 is 27.3 Å². The van der Waals surface area contributed by atoms with Gasteiger partial charge in [0.1, 0.15) is 6.04 Å². The molecular weight excluding hydrogens is 242 g/mol. The van der Waals surface area contributed by atoms with Gasteiger partial charge < -0.3 is 10.4 Å². The molecule has 66 valence electrons. The van der Waals surface area contributed by atoms with Crippen LogP contribution in [0.25, 0.3) is 0 Å². The van der Waals surface area contributed by atoms with Crippen LogP contribution < -0.4 is 5.32 Å². The van der Waals surface area contributed by atoms with Crippen LogP contribution in [-0.4, -0.2) is 18.1 Å². The monoisotopic (exact) mass is 249 g/mol. The highest BCUT2D eigenvalue weighted by Gasteiger charge is 2.18. The lowest BCUT2D eigenvalue weighted by atomic mass is 10.2. The van der Waals surface area contributed by atoms with Crippen molar-refractivity contribution < 1.29 is 9.90 Å². The minimum Gasteiger partial charge on any atom is -0.480 e. The van der Waals surface area contributed by atoms with Crippen molar-refractivity contribution in [3.05, 3.63) is 20.8 Å². The van der Waals surface area contributed by atoms with Crippen molar-refractivity contribution >= 4 is 33.2 Å². The third-order valence-electron chi connectivity index (χ3n) is 1.41. The molecule has 0 saturated heterocycles. The summed E-state index contributed by atoms with van der Waals surface area (Å²) in [6.45, 7) is 0. The summed E-state index contributed by atoms with van der Waals surface area (Å²) in [5.41, 5.74) is 0. The van der Waals surface area contributed by atoms with E-state index in [0.717, 1.165) is 9.35 Å². The molecule has 1 aromatic rings. The van der Waals surface area contributed by atoms with Crippen LogP contribution in [-0.2, 0) is 4.79 Å². The zero-order chi connectivity index (χ0) is 9.14. The van der Waals surface area contributed by atoms with Crippen LogP contribution in [0.3, 0.4) is 0 Å². The molecule has 0 aliphatic rings. The molecule has 1 aromatic heterocycles. The first-order chi connectivity index (χ1) is 5.65. The number of hydrogen-bond acceptors (Lipinski definition) is 3. The van der Waals surface area contributed by atoms with Crippen molar-refractivity contribution in [1.29, 1.82) is 0 Å². The first-order valence-corrected chi connectivity index (χ1v) is 4.96. The number of likely N-dealkylation sites (N-methyl/N-ethyl adjacent to an activating group) is 1. The summed E-state index contributed by atoms with van der Waals surface area (Å²) in [4.78, 5) is 11.5. The summed E-state index contributed by atoms with van der Waals surface area (Å²) in [5, 5.41) is 13.3. The first-order valence-electron chi connectivity index (χ1n) is 3.29. The molecule has 0 aromatic carbocycles. The molecule has 3 nitrogen and oxygen atoms in total. The number of carboxylic acid groups (broad SMARTS) is 1. The van der Waals surface area contributed by atoms with E-state index in [4.69, 9.17) is 5.11 Å². The van der Waals surface area contributed by atoms with Gasteiger partial charge in [-0.3, -0.25) is 4.79 Å². The minimum absolute atomic E-state index is 0.596. The van der Waals surface area contributed by atoms with Crippen LogP contribution in [0.15, 0.2) is 15.9 Å². The van der Waals surface area contributed by atoms with Crippen molar-refractivity contribution in [1.82, 2.24) is 5.32 Å². The van der Waals surface area contributed by atoms with E-state index >= 15 is 0 Å². The number of carbonyl (C=O) groups is 1. The predicted octanol–water partition coefficient (Wildman–Crippen LogP) is 1.86. The Morgan fingerprint density at radius 3 is 2.83 bits per heavy atom. The Hall–Kier alpha value is -0.390. The van der Waals surface area contributed by atoms with Gasteiger partial charge in [-0.05, 0) is 29.0 Å². The third kappa shape index (κ3) is 2.06. The van der Waals surface area contributed by atoms with E-state index in [2.05, 4.69) is 21.2 Å². The Kier molecular flexibility index (Phi) is 3.25. The van der Waals surface area contributed by atoms with E-state index in [1.165, 1.54) is 11.3 Å². The fraction of sp³-hybridized carbons (Fsp3) is 0.286. The number of halogens is 1. The number of aliphatic carboxylic acids is 1. The Morgan fingerprint density at radius 2 is 2.50 bits per heavy atom. The summed E-state index contributed by atoms with van der Waals surface area (Å²) in [5.74, 6) is -0.855. The van der Waals surface area contributed by atoms with Gasteiger partial charge in [0.05, 0.1) is 0 Å². The maximum absolute atomic E-state index is 10.7. The quantitative estimate of drug-likeness (QED) is 0.860. The summed E-state index contributed by atoms with van der Waals surface area (Å²) >= 11 is 4.69. The second-order valence-electron chi connectivity index (χ2n) is 2.23. The van der Waals surface area contributed by atoms with Crippen LogP contribution in [0.4, 0.5) is 0 Å². The van der Waals surface area contributed by atoms with Crippen molar-refractivity contribution in [3.63, 3.8) is 0 Å². The predicted molar refractivity (Wildman–Crippen MR) is 51.5 cm³/mol. The SMILES string of the molecule is CNC(C(=O)O)c1cc(Br)cs1. The highest BCUT2D eigenvalue weighted by molar-refractivity contribution is 9.10. The van der Waals surface area contributed by atoms with Crippen molar-refractivity contribution in [2.75, 3.05) is 7.05 Å². The smallest absolute Gasteiger partial charge is 0.326 e. The normalized spacial score (nSPS) is 12.8. The molecule has 0 aliphatic carbocycles. The molecule has 1 atom stereocenters. The lowest BCUT2D eigenvalue weighted by Crippen LogP contribution is -2.23. The zero-order valence-electron chi connectivity index (χ0n) is 6.37. The number of nitrogens with one attached hydrogen (secondary N) is 1.